The Labute approximate surface area is 137 Å². The predicted octanol–water partition coefficient (Wildman–Crippen LogP) is 1.85. The summed E-state index contributed by atoms with van der Waals surface area (Å²) in [6.45, 7) is 0.412. The van der Waals surface area contributed by atoms with E-state index in [1.807, 2.05) is 0 Å². The van der Waals surface area contributed by atoms with Crippen LogP contribution in [0, 0.1) is 5.82 Å². The van der Waals surface area contributed by atoms with Crippen molar-refractivity contribution >= 4 is 17.5 Å². The van der Waals surface area contributed by atoms with Crippen LogP contribution in [0.4, 0.5) is 10.1 Å². The Morgan fingerprint density at radius 1 is 1.00 bits per heavy atom. The maximum Gasteiger partial charge on any atom is 0.313 e. The van der Waals surface area contributed by atoms with Crippen molar-refractivity contribution < 1.29 is 23.5 Å². The highest BCUT2D eigenvalue weighted by molar-refractivity contribution is 6.39. The number of ether oxygens (including phenoxy) is 2. The molecule has 1 heterocycles. The van der Waals surface area contributed by atoms with Crippen LogP contribution in [0.25, 0.3) is 0 Å². The third-order valence-electron chi connectivity index (χ3n) is 3.45. The van der Waals surface area contributed by atoms with Gasteiger partial charge in [0, 0.05) is 18.3 Å². The lowest BCUT2D eigenvalue weighted by atomic mass is 10.1. The second-order valence-electron chi connectivity index (χ2n) is 5.15. The fourth-order valence-electron chi connectivity index (χ4n) is 2.21. The Bertz CT molecular complexity index is 762. The van der Waals surface area contributed by atoms with Gasteiger partial charge >= 0.3 is 11.8 Å². The van der Waals surface area contributed by atoms with Crippen molar-refractivity contribution in [2.24, 2.45) is 0 Å². The van der Waals surface area contributed by atoms with Crippen molar-refractivity contribution in [1.82, 2.24) is 5.32 Å². The molecule has 2 aromatic rings. The third kappa shape index (κ3) is 3.81. The first-order valence-electron chi connectivity index (χ1n) is 7.35. The number of hydrogen-bond donors (Lipinski definition) is 2. The van der Waals surface area contributed by atoms with Crippen LogP contribution in [-0.4, -0.2) is 25.2 Å². The normalized spacial score (nSPS) is 11.9. The van der Waals surface area contributed by atoms with E-state index in [2.05, 4.69) is 10.6 Å². The van der Waals surface area contributed by atoms with Gasteiger partial charge in [-0.15, -0.1) is 0 Å². The van der Waals surface area contributed by atoms with Crippen LogP contribution in [0.3, 0.4) is 0 Å². The zero-order valence-electron chi connectivity index (χ0n) is 12.7. The maximum absolute atomic E-state index is 12.8. The van der Waals surface area contributed by atoms with Crippen LogP contribution >= 0.6 is 0 Å². The Morgan fingerprint density at radius 3 is 2.54 bits per heavy atom. The summed E-state index contributed by atoms with van der Waals surface area (Å²) in [5, 5.41) is 5.01. The molecule has 2 aromatic carbocycles. The number of fused-ring (bicyclic) bond motifs is 1. The van der Waals surface area contributed by atoms with Crippen LogP contribution in [0.1, 0.15) is 5.56 Å². The standard InChI is InChI=1S/C17H15FN2O4/c18-12-3-1-11(2-4-12)7-8-19-16(21)17(22)20-13-5-6-14-15(9-13)24-10-23-14/h1-6,9H,7-8,10H2,(H,19,21)(H,20,22). The highest BCUT2D eigenvalue weighted by Crippen LogP contribution is 2.34. The lowest BCUT2D eigenvalue weighted by Gasteiger charge is -2.07. The Balaban J connectivity index is 1.48. The maximum atomic E-state index is 12.8. The molecular weight excluding hydrogens is 315 g/mol. The summed E-state index contributed by atoms with van der Waals surface area (Å²) in [5.41, 5.74) is 1.31. The molecule has 2 N–H and O–H groups in total. The molecule has 2 amide bonds. The summed E-state index contributed by atoms with van der Waals surface area (Å²) >= 11 is 0. The van der Waals surface area contributed by atoms with Gasteiger partial charge in [-0.05, 0) is 36.2 Å². The molecule has 0 aromatic heterocycles. The monoisotopic (exact) mass is 330 g/mol. The largest absolute Gasteiger partial charge is 0.454 e. The van der Waals surface area contributed by atoms with Crippen LogP contribution in [0.2, 0.25) is 0 Å². The number of carbonyl (C=O) groups is 2. The Hall–Kier alpha value is -3.09. The van der Waals surface area contributed by atoms with Crippen molar-refractivity contribution in [2.75, 3.05) is 18.7 Å². The van der Waals surface area contributed by atoms with E-state index >= 15 is 0 Å². The van der Waals surface area contributed by atoms with Gasteiger partial charge in [0.2, 0.25) is 6.79 Å². The topological polar surface area (TPSA) is 76.7 Å². The van der Waals surface area contributed by atoms with Crippen LogP contribution < -0.4 is 20.1 Å². The molecule has 3 rings (SSSR count). The van der Waals surface area contributed by atoms with E-state index < -0.39 is 11.8 Å². The van der Waals surface area contributed by atoms with Gasteiger partial charge < -0.3 is 20.1 Å². The fourth-order valence-corrected chi connectivity index (χ4v) is 2.21. The van der Waals surface area contributed by atoms with Crippen molar-refractivity contribution in [2.45, 2.75) is 6.42 Å². The van der Waals surface area contributed by atoms with Crippen molar-refractivity contribution in [3.8, 4) is 11.5 Å². The summed E-state index contributed by atoms with van der Waals surface area (Å²) in [7, 11) is 0. The third-order valence-corrected chi connectivity index (χ3v) is 3.45. The quantitative estimate of drug-likeness (QED) is 0.839. The summed E-state index contributed by atoms with van der Waals surface area (Å²) in [6, 6.07) is 10.8. The lowest BCUT2D eigenvalue weighted by molar-refractivity contribution is -0.136. The van der Waals surface area contributed by atoms with Gasteiger partial charge in [-0.2, -0.15) is 0 Å². The first-order chi connectivity index (χ1) is 11.6. The molecule has 7 heteroatoms. The van der Waals surface area contributed by atoms with E-state index in [-0.39, 0.29) is 19.2 Å². The minimum Gasteiger partial charge on any atom is -0.454 e. The van der Waals surface area contributed by atoms with Crippen molar-refractivity contribution in [3.05, 3.63) is 53.8 Å². The van der Waals surface area contributed by atoms with E-state index in [0.717, 1.165) is 5.56 Å². The molecule has 6 nitrogen and oxygen atoms in total. The van der Waals surface area contributed by atoms with Gasteiger partial charge in [-0.3, -0.25) is 9.59 Å². The molecule has 0 aliphatic carbocycles. The van der Waals surface area contributed by atoms with Crippen molar-refractivity contribution in [1.29, 1.82) is 0 Å². The molecule has 0 radical (unpaired) electrons. The molecule has 0 spiro atoms. The summed E-state index contributed by atoms with van der Waals surface area (Å²) < 4.78 is 23.2. The second-order valence-corrected chi connectivity index (χ2v) is 5.15. The second kappa shape index (κ2) is 6.99. The van der Waals surface area contributed by atoms with Gasteiger partial charge in [0.25, 0.3) is 0 Å². The van der Waals surface area contributed by atoms with E-state index in [4.69, 9.17) is 9.47 Å². The first-order valence-corrected chi connectivity index (χ1v) is 7.35. The summed E-state index contributed by atoms with van der Waals surface area (Å²) in [4.78, 5) is 23.6. The van der Waals surface area contributed by atoms with E-state index in [1.165, 1.54) is 12.1 Å². The van der Waals surface area contributed by atoms with Gasteiger partial charge in [-0.1, -0.05) is 12.1 Å². The molecule has 0 unspecified atom stereocenters. The summed E-state index contributed by atoms with van der Waals surface area (Å²) in [6.07, 6.45) is 0.503. The number of amides is 2. The Kier molecular flexibility index (Phi) is 4.60. The molecule has 0 fully saturated rings. The first kappa shape index (κ1) is 15.8. The van der Waals surface area contributed by atoms with Gasteiger partial charge in [-0.25, -0.2) is 4.39 Å². The highest BCUT2D eigenvalue weighted by Gasteiger charge is 2.17. The number of halogens is 1. The number of benzene rings is 2. The van der Waals surface area contributed by atoms with Gasteiger partial charge in [0.15, 0.2) is 11.5 Å². The fraction of sp³-hybridized carbons (Fsp3) is 0.176. The average Bonchev–Trinajstić information content (AvgIpc) is 3.04. The molecule has 1 aliphatic heterocycles. The molecule has 1 aliphatic rings. The number of rotatable bonds is 4. The average molecular weight is 330 g/mol. The molecule has 124 valence electrons. The molecular formula is C17H15FN2O4. The molecule has 0 atom stereocenters. The van der Waals surface area contributed by atoms with E-state index in [9.17, 15) is 14.0 Å². The minimum atomic E-state index is -0.770. The number of nitrogens with one attached hydrogen (secondary N) is 2. The van der Waals surface area contributed by atoms with E-state index in [0.29, 0.717) is 23.6 Å². The van der Waals surface area contributed by atoms with Crippen LogP contribution in [0.15, 0.2) is 42.5 Å². The zero-order valence-corrected chi connectivity index (χ0v) is 12.7. The molecule has 0 bridgehead atoms. The Morgan fingerprint density at radius 2 is 1.75 bits per heavy atom. The SMILES string of the molecule is O=C(NCCc1ccc(F)cc1)C(=O)Nc1ccc2c(c1)OCO2. The number of carbonyl (C=O) groups excluding carboxylic acids is 2. The van der Waals surface area contributed by atoms with Crippen LogP contribution in [-0.2, 0) is 16.0 Å². The molecule has 0 saturated heterocycles. The summed E-state index contributed by atoms with van der Waals surface area (Å²) in [5.74, 6) is -0.713. The molecule has 24 heavy (non-hydrogen) atoms. The smallest absolute Gasteiger partial charge is 0.313 e. The number of anilines is 1. The van der Waals surface area contributed by atoms with Gasteiger partial charge in [0.05, 0.1) is 0 Å². The van der Waals surface area contributed by atoms with Crippen LogP contribution in [0.5, 0.6) is 11.5 Å². The highest BCUT2D eigenvalue weighted by atomic mass is 19.1. The van der Waals surface area contributed by atoms with E-state index in [1.54, 1.807) is 30.3 Å². The van der Waals surface area contributed by atoms with Gasteiger partial charge in [0.1, 0.15) is 5.82 Å². The predicted molar refractivity (Wildman–Crippen MR) is 84.3 cm³/mol. The molecule has 0 saturated carbocycles. The lowest BCUT2D eigenvalue weighted by Crippen LogP contribution is -2.36. The minimum absolute atomic E-state index is 0.136. The zero-order chi connectivity index (χ0) is 16.9. The van der Waals surface area contributed by atoms with Crippen molar-refractivity contribution in [3.63, 3.8) is 0 Å². The number of hydrogen-bond acceptors (Lipinski definition) is 4.